The molecule has 0 spiro atoms. The lowest BCUT2D eigenvalue weighted by Crippen LogP contribution is -2.58. The lowest BCUT2D eigenvalue weighted by Gasteiger charge is -2.26. The molecule has 14 heteroatoms. The summed E-state index contributed by atoms with van der Waals surface area (Å²) in [6.45, 7) is 3.69. The van der Waals surface area contributed by atoms with E-state index in [1.165, 1.54) is 12.5 Å². The first-order chi connectivity index (χ1) is 19.4. The van der Waals surface area contributed by atoms with Crippen molar-refractivity contribution < 1.29 is 29.1 Å². The zero-order valence-corrected chi connectivity index (χ0v) is 22.8. The summed E-state index contributed by atoms with van der Waals surface area (Å²) in [4.78, 5) is 72.4. The van der Waals surface area contributed by atoms with Crippen LogP contribution in [-0.4, -0.2) is 73.8 Å². The number of imidazole rings is 1. The van der Waals surface area contributed by atoms with Gasteiger partial charge in [-0.25, -0.2) is 9.78 Å². The van der Waals surface area contributed by atoms with E-state index < -0.39 is 60.2 Å². The van der Waals surface area contributed by atoms with E-state index in [1.54, 1.807) is 6.20 Å². The van der Waals surface area contributed by atoms with Crippen LogP contribution in [0.3, 0.4) is 0 Å². The highest BCUT2D eigenvalue weighted by molar-refractivity contribution is 5.95. The van der Waals surface area contributed by atoms with Gasteiger partial charge >= 0.3 is 5.97 Å². The summed E-state index contributed by atoms with van der Waals surface area (Å²) in [6.07, 6.45) is 4.35. The summed E-state index contributed by atoms with van der Waals surface area (Å²) in [5.41, 5.74) is 12.9. The number of carbonyl (C=O) groups is 5. The summed E-state index contributed by atoms with van der Waals surface area (Å²) < 4.78 is 0. The van der Waals surface area contributed by atoms with Gasteiger partial charge in [0, 0.05) is 41.8 Å². The number of hydrogen-bond acceptors (Lipinski definition) is 7. The maximum Gasteiger partial charge on any atom is 0.326 e. The maximum atomic E-state index is 13.4. The van der Waals surface area contributed by atoms with Crippen molar-refractivity contribution in [1.82, 2.24) is 30.9 Å². The molecule has 0 aliphatic carbocycles. The number of carboxylic acid groups (broad SMARTS) is 1. The Morgan fingerprint density at radius 2 is 1.59 bits per heavy atom. The second-order valence-electron chi connectivity index (χ2n) is 10.3. The van der Waals surface area contributed by atoms with E-state index in [2.05, 4.69) is 30.9 Å². The summed E-state index contributed by atoms with van der Waals surface area (Å²) in [7, 11) is 0. The van der Waals surface area contributed by atoms with Crippen LogP contribution in [0.15, 0.2) is 43.0 Å². The zero-order valence-electron chi connectivity index (χ0n) is 22.8. The van der Waals surface area contributed by atoms with Crippen molar-refractivity contribution >= 4 is 40.5 Å². The number of carboxylic acids is 1. The van der Waals surface area contributed by atoms with E-state index in [1.807, 2.05) is 38.1 Å². The lowest BCUT2D eigenvalue weighted by molar-refractivity contribution is -0.142. The molecule has 0 aliphatic rings. The third-order valence-corrected chi connectivity index (χ3v) is 6.42. The molecule has 0 bridgehead atoms. The summed E-state index contributed by atoms with van der Waals surface area (Å²) in [5.74, 6) is -4.23. The van der Waals surface area contributed by atoms with Crippen molar-refractivity contribution in [2.45, 2.75) is 63.7 Å². The minimum atomic E-state index is -1.28. The number of aromatic nitrogens is 3. The van der Waals surface area contributed by atoms with Crippen LogP contribution < -0.4 is 27.4 Å². The molecule has 220 valence electrons. The third kappa shape index (κ3) is 8.89. The number of primary amides is 1. The first-order valence-corrected chi connectivity index (χ1v) is 13.1. The zero-order chi connectivity index (χ0) is 30.1. The fourth-order valence-electron chi connectivity index (χ4n) is 4.38. The van der Waals surface area contributed by atoms with Crippen LogP contribution in [0.2, 0.25) is 0 Å². The van der Waals surface area contributed by atoms with Crippen molar-refractivity contribution in [2.75, 3.05) is 0 Å². The Morgan fingerprint density at radius 3 is 2.22 bits per heavy atom. The number of rotatable bonds is 15. The smallest absolute Gasteiger partial charge is 0.326 e. The van der Waals surface area contributed by atoms with Crippen LogP contribution in [0.4, 0.5) is 0 Å². The Hall–Kier alpha value is -4.72. The fourth-order valence-corrected chi connectivity index (χ4v) is 4.38. The van der Waals surface area contributed by atoms with Crippen molar-refractivity contribution in [3.63, 3.8) is 0 Å². The number of fused-ring (bicyclic) bond motifs is 1. The number of carbonyl (C=O) groups excluding carboxylic acids is 4. The number of aliphatic carboxylic acids is 1. The van der Waals surface area contributed by atoms with E-state index in [4.69, 9.17) is 11.5 Å². The van der Waals surface area contributed by atoms with Gasteiger partial charge in [0.25, 0.3) is 0 Å². The SMILES string of the molecule is CC(C)CC(NC(=O)C(Cc1cnc[nH]1)NC(=O)C(N)CC(N)=O)C(=O)NC(Cc1c[nH]c2ccccc12)C(=O)O. The third-order valence-electron chi connectivity index (χ3n) is 6.42. The van der Waals surface area contributed by atoms with E-state index in [-0.39, 0.29) is 25.2 Å². The fraction of sp³-hybridized carbons (Fsp3) is 0.407. The number of hydrogen-bond donors (Lipinski definition) is 8. The van der Waals surface area contributed by atoms with E-state index in [0.717, 1.165) is 10.9 Å². The molecule has 2 aromatic heterocycles. The molecular weight excluding hydrogens is 532 g/mol. The van der Waals surface area contributed by atoms with Crippen LogP contribution in [0.5, 0.6) is 0 Å². The topological polar surface area (TPSA) is 238 Å². The lowest BCUT2D eigenvalue weighted by atomic mass is 10.0. The highest BCUT2D eigenvalue weighted by atomic mass is 16.4. The molecule has 41 heavy (non-hydrogen) atoms. The molecule has 0 saturated heterocycles. The average Bonchev–Trinajstić information content (AvgIpc) is 3.56. The van der Waals surface area contributed by atoms with Gasteiger partial charge in [-0.2, -0.15) is 0 Å². The summed E-state index contributed by atoms with van der Waals surface area (Å²) >= 11 is 0. The Bertz CT molecular complexity index is 1370. The number of benzene rings is 1. The maximum absolute atomic E-state index is 13.4. The molecule has 2 heterocycles. The molecule has 4 unspecified atom stereocenters. The second-order valence-corrected chi connectivity index (χ2v) is 10.3. The second kappa shape index (κ2) is 14.1. The molecule has 0 saturated carbocycles. The molecule has 14 nitrogen and oxygen atoms in total. The Kier molecular flexibility index (Phi) is 10.6. The molecule has 3 rings (SSSR count). The van der Waals surface area contributed by atoms with Gasteiger partial charge in [0.2, 0.25) is 23.6 Å². The van der Waals surface area contributed by atoms with Gasteiger partial charge in [0.05, 0.1) is 18.8 Å². The van der Waals surface area contributed by atoms with E-state index in [0.29, 0.717) is 11.3 Å². The Labute approximate surface area is 236 Å². The molecule has 3 aromatic rings. The van der Waals surface area contributed by atoms with Gasteiger partial charge in [-0.1, -0.05) is 32.0 Å². The van der Waals surface area contributed by atoms with Gasteiger partial charge in [0.1, 0.15) is 18.1 Å². The first kappa shape index (κ1) is 30.8. The monoisotopic (exact) mass is 568 g/mol. The summed E-state index contributed by atoms with van der Waals surface area (Å²) in [5, 5.41) is 18.4. The molecule has 1 aromatic carbocycles. The van der Waals surface area contributed by atoms with Crippen LogP contribution in [-0.2, 0) is 36.8 Å². The highest BCUT2D eigenvalue weighted by Gasteiger charge is 2.31. The molecule has 4 amide bonds. The van der Waals surface area contributed by atoms with Crippen LogP contribution in [0, 0.1) is 5.92 Å². The largest absolute Gasteiger partial charge is 0.480 e. The molecule has 0 aliphatic heterocycles. The van der Waals surface area contributed by atoms with Crippen LogP contribution in [0.1, 0.15) is 37.9 Å². The van der Waals surface area contributed by atoms with E-state index in [9.17, 15) is 29.1 Å². The minimum absolute atomic E-state index is 0.0175. The average molecular weight is 569 g/mol. The summed E-state index contributed by atoms with van der Waals surface area (Å²) in [6, 6.07) is 2.57. The van der Waals surface area contributed by atoms with Crippen molar-refractivity contribution in [1.29, 1.82) is 0 Å². The Morgan fingerprint density at radius 1 is 0.927 bits per heavy atom. The number of nitrogens with one attached hydrogen (secondary N) is 5. The van der Waals surface area contributed by atoms with Gasteiger partial charge in [-0.05, 0) is 24.0 Å². The van der Waals surface area contributed by atoms with Gasteiger partial charge < -0.3 is 42.5 Å². The van der Waals surface area contributed by atoms with Crippen molar-refractivity contribution in [3.8, 4) is 0 Å². The number of aromatic amines is 2. The Balaban J connectivity index is 1.76. The number of H-pyrrole nitrogens is 2. The van der Waals surface area contributed by atoms with Crippen molar-refractivity contribution in [3.05, 3.63) is 54.2 Å². The van der Waals surface area contributed by atoms with Gasteiger partial charge in [-0.15, -0.1) is 0 Å². The number of para-hydroxylation sites is 1. The highest BCUT2D eigenvalue weighted by Crippen LogP contribution is 2.19. The normalized spacial score (nSPS) is 14.1. The van der Waals surface area contributed by atoms with Crippen LogP contribution in [0.25, 0.3) is 10.9 Å². The van der Waals surface area contributed by atoms with E-state index >= 15 is 0 Å². The minimum Gasteiger partial charge on any atom is -0.480 e. The standard InChI is InChI=1S/C27H36N8O6/c1-14(2)7-20(25(38)35-22(27(40)41)8-15-11-31-19-6-4-3-5-17(15)19)34-26(39)21(9-16-12-30-13-32-16)33-24(37)18(28)10-23(29)36/h3-6,11-14,18,20-22,31H,7-10,28H2,1-2H3,(H2,29,36)(H,30,32)(H,33,37)(H,34,39)(H,35,38)(H,40,41). The quantitative estimate of drug-likeness (QED) is 0.118. The molecule has 0 fully saturated rings. The van der Waals surface area contributed by atoms with Gasteiger partial charge in [-0.3, -0.25) is 19.2 Å². The molecule has 0 radical (unpaired) electrons. The predicted octanol–water partition coefficient (Wildman–Crippen LogP) is -0.536. The first-order valence-electron chi connectivity index (χ1n) is 13.1. The van der Waals surface area contributed by atoms with Crippen molar-refractivity contribution in [2.24, 2.45) is 17.4 Å². The number of nitrogens with zero attached hydrogens (tertiary/aromatic N) is 1. The molecule has 10 N–H and O–H groups in total. The van der Waals surface area contributed by atoms with Crippen LogP contribution >= 0.6 is 0 Å². The number of amides is 4. The molecular formula is C27H36N8O6. The molecule has 4 atom stereocenters. The number of nitrogens with two attached hydrogens (primary N) is 2. The van der Waals surface area contributed by atoms with Gasteiger partial charge in [0.15, 0.2) is 0 Å². The predicted molar refractivity (Wildman–Crippen MR) is 149 cm³/mol.